The Morgan fingerprint density at radius 2 is 2.00 bits per heavy atom. The van der Waals surface area contributed by atoms with Crippen LogP contribution in [0.3, 0.4) is 0 Å². The molecule has 3 heteroatoms. The molecule has 1 heterocycles. The van der Waals surface area contributed by atoms with Crippen LogP contribution in [0.4, 0.5) is 0 Å². The summed E-state index contributed by atoms with van der Waals surface area (Å²) in [6.07, 6.45) is 8.07. The third-order valence-corrected chi connectivity index (χ3v) is 5.25. The molecule has 0 amide bonds. The first-order valence-electron chi connectivity index (χ1n) is 6.05. The smallest absolute Gasteiger partial charge is 0.0958 e. The van der Waals surface area contributed by atoms with Gasteiger partial charge in [-0.15, -0.1) is 0 Å². The van der Waals surface area contributed by atoms with Gasteiger partial charge in [0.15, 0.2) is 0 Å². The molecular weight excluding hydrogens is 204 g/mol. The van der Waals surface area contributed by atoms with Gasteiger partial charge in [-0.05, 0) is 31.9 Å². The first-order valence-corrected chi connectivity index (χ1v) is 7.27. The topological polar surface area (TPSA) is 27.1 Å². The molecule has 0 atom stereocenters. The fraction of sp³-hybridized carbons (Fsp3) is 0.917. The van der Waals surface area contributed by atoms with Crippen molar-refractivity contribution in [3.05, 3.63) is 0 Å². The number of nitrogens with one attached hydrogen (secondary N) is 1. The van der Waals surface area contributed by atoms with Gasteiger partial charge in [-0.2, -0.15) is 11.8 Å². The maximum Gasteiger partial charge on any atom is 0.0958 e. The molecule has 1 fully saturated rings. The summed E-state index contributed by atoms with van der Waals surface area (Å²) in [5.41, 5.74) is 0. The SMILES string of the molecule is CCC(CC)(CN1CCCCC1=N)SC. The van der Waals surface area contributed by atoms with Crippen molar-refractivity contribution in [1.82, 2.24) is 4.90 Å². The summed E-state index contributed by atoms with van der Waals surface area (Å²) in [6, 6.07) is 0. The first kappa shape index (κ1) is 12.9. The molecule has 1 rings (SSSR count). The second kappa shape index (κ2) is 5.78. The number of likely N-dealkylation sites (tertiary alicyclic amines) is 1. The lowest BCUT2D eigenvalue weighted by Crippen LogP contribution is -2.45. The third-order valence-electron chi connectivity index (χ3n) is 3.67. The van der Waals surface area contributed by atoms with Gasteiger partial charge in [0.25, 0.3) is 0 Å². The molecule has 2 nitrogen and oxygen atoms in total. The lowest BCUT2D eigenvalue weighted by atomic mass is 9.99. The standard InChI is InChI=1S/C12H24N2S/c1-4-12(5-2,15-3)10-14-9-7-6-8-11(14)13/h13H,4-10H2,1-3H3. The van der Waals surface area contributed by atoms with Gasteiger partial charge in [0.2, 0.25) is 0 Å². The van der Waals surface area contributed by atoms with Gasteiger partial charge >= 0.3 is 0 Å². The lowest BCUT2D eigenvalue weighted by Gasteiger charge is -2.39. The number of piperidine rings is 1. The van der Waals surface area contributed by atoms with E-state index in [4.69, 9.17) is 5.41 Å². The summed E-state index contributed by atoms with van der Waals surface area (Å²) >= 11 is 1.97. The molecule has 1 N–H and O–H groups in total. The summed E-state index contributed by atoms with van der Waals surface area (Å²) in [5.74, 6) is 0.863. The van der Waals surface area contributed by atoms with E-state index >= 15 is 0 Å². The first-order chi connectivity index (χ1) is 7.17. The zero-order chi connectivity index (χ0) is 11.3. The largest absolute Gasteiger partial charge is 0.359 e. The molecule has 0 aromatic heterocycles. The Kier molecular flexibility index (Phi) is 4.97. The van der Waals surface area contributed by atoms with E-state index in [2.05, 4.69) is 25.0 Å². The molecule has 0 aromatic rings. The van der Waals surface area contributed by atoms with Gasteiger partial charge < -0.3 is 4.90 Å². The monoisotopic (exact) mass is 228 g/mol. The molecule has 1 aliphatic heterocycles. The molecule has 0 radical (unpaired) electrons. The van der Waals surface area contributed by atoms with Crippen LogP contribution in [0, 0.1) is 5.41 Å². The minimum atomic E-state index is 0.365. The summed E-state index contributed by atoms with van der Waals surface area (Å²) in [4.78, 5) is 2.30. The average Bonchev–Trinajstić information content (AvgIpc) is 2.29. The highest BCUT2D eigenvalue weighted by molar-refractivity contribution is 8.00. The van der Waals surface area contributed by atoms with Gasteiger partial charge in [-0.25, -0.2) is 0 Å². The maximum atomic E-state index is 7.97. The van der Waals surface area contributed by atoms with Gasteiger partial charge in [-0.1, -0.05) is 13.8 Å². The Balaban J connectivity index is 2.60. The second-order valence-corrected chi connectivity index (χ2v) is 5.69. The molecule has 0 aliphatic carbocycles. The van der Waals surface area contributed by atoms with E-state index in [0.717, 1.165) is 25.3 Å². The van der Waals surface area contributed by atoms with E-state index in [9.17, 15) is 0 Å². The molecule has 0 saturated carbocycles. The molecule has 1 aliphatic rings. The summed E-state index contributed by atoms with van der Waals surface area (Å²) in [5, 5.41) is 7.97. The molecule has 15 heavy (non-hydrogen) atoms. The Morgan fingerprint density at radius 1 is 1.33 bits per heavy atom. The summed E-state index contributed by atoms with van der Waals surface area (Å²) in [7, 11) is 0. The fourth-order valence-corrected chi connectivity index (χ4v) is 3.10. The number of hydrogen-bond acceptors (Lipinski definition) is 2. The summed E-state index contributed by atoms with van der Waals surface area (Å²) < 4.78 is 0.365. The minimum Gasteiger partial charge on any atom is -0.359 e. The van der Waals surface area contributed by atoms with Gasteiger partial charge in [0.05, 0.1) is 5.84 Å². The van der Waals surface area contributed by atoms with Crippen LogP contribution in [0.5, 0.6) is 0 Å². The molecule has 1 saturated heterocycles. The summed E-state index contributed by atoms with van der Waals surface area (Å²) in [6.45, 7) is 6.71. The molecule has 88 valence electrons. The van der Waals surface area contributed by atoms with E-state index in [-0.39, 0.29) is 0 Å². The van der Waals surface area contributed by atoms with Crippen molar-refractivity contribution in [1.29, 1.82) is 5.41 Å². The van der Waals surface area contributed by atoms with Crippen molar-refractivity contribution < 1.29 is 0 Å². The quantitative estimate of drug-likeness (QED) is 0.781. The third kappa shape index (κ3) is 3.13. The lowest BCUT2D eigenvalue weighted by molar-refractivity contribution is 0.318. The molecule has 0 bridgehead atoms. The van der Waals surface area contributed by atoms with E-state index in [1.54, 1.807) is 0 Å². The van der Waals surface area contributed by atoms with E-state index in [1.165, 1.54) is 25.7 Å². The van der Waals surface area contributed by atoms with Crippen molar-refractivity contribution in [2.75, 3.05) is 19.3 Å². The number of rotatable bonds is 5. The van der Waals surface area contributed by atoms with Crippen molar-refractivity contribution in [3.63, 3.8) is 0 Å². The van der Waals surface area contributed by atoms with Crippen molar-refractivity contribution in [3.8, 4) is 0 Å². The van der Waals surface area contributed by atoms with Gasteiger partial charge in [0, 0.05) is 24.3 Å². The predicted molar refractivity (Wildman–Crippen MR) is 70.0 cm³/mol. The fourth-order valence-electron chi connectivity index (χ4n) is 2.24. The van der Waals surface area contributed by atoms with Crippen LogP contribution < -0.4 is 0 Å². The van der Waals surface area contributed by atoms with Gasteiger partial charge in [0.1, 0.15) is 0 Å². The maximum absolute atomic E-state index is 7.97. The highest BCUT2D eigenvalue weighted by Gasteiger charge is 2.29. The average molecular weight is 228 g/mol. The highest BCUT2D eigenvalue weighted by atomic mass is 32.2. The zero-order valence-electron chi connectivity index (χ0n) is 10.3. The predicted octanol–water partition coefficient (Wildman–Crippen LogP) is 3.37. The van der Waals surface area contributed by atoms with Crippen LogP contribution in [-0.2, 0) is 0 Å². The molecule has 0 aromatic carbocycles. The normalized spacial score (nSPS) is 18.3. The number of thioether (sulfide) groups is 1. The van der Waals surface area contributed by atoms with Gasteiger partial charge in [-0.3, -0.25) is 5.41 Å². The van der Waals surface area contributed by atoms with Crippen LogP contribution in [0.2, 0.25) is 0 Å². The molecule has 0 spiro atoms. The Labute approximate surface area is 98.3 Å². The van der Waals surface area contributed by atoms with Crippen molar-refractivity contribution in [2.24, 2.45) is 0 Å². The van der Waals surface area contributed by atoms with Crippen LogP contribution in [0.25, 0.3) is 0 Å². The van der Waals surface area contributed by atoms with E-state index in [1.807, 2.05) is 11.8 Å². The number of hydrogen-bond donors (Lipinski definition) is 1. The minimum absolute atomic E-state index is 0.365. The van der Waals surface area contributed by atoms with E-state index in [0.29, 0.717) is 4.75 Å². The van der Waals surface area contributed by atoms with Crippen LogP contribution in [-0.4, -0.2) is 34.8 Å². The highest BCUT2D eigenvalue weighted by Crippen LogP contribution is 2.32. The number of nitrogens with zero attached hydrogens (tertiary/aromatic N) is 1. The second-order valence-electron chi connectivity index (χ2n) is 4.42. The Hall–Kier alpha value is -0.180. The van der Waals surface area contributed by atoms with Crippen LogP contribution in [0.1, 0.15) is 46.0 Å². The zero-order valence-corrected chi connectivity index (χ0v) is 11.1. The Morgan fingerprint density at radius 3 is 2.47 bits per heavy atom. The van der Waals surface area contributed by atoms with E-state index < -0.39 is 0 Å². The Bertz CT molecular complexity index is 203. The molecule has 0 unspecified atom stereocenters. The number of amidine groups is 1. The van der Waals surface area contributed by atoms with Crippen molar-refractivity contribution in [2.45, 2.75) is 50.7 Å². The molecular formula is C12H24N2S. The van der Waals surface area contributed by atoms with Crippen LogP contribution >= 0.6 is 11.8 Å². The van der Waals surface area contributed by atoms with Crippen molar-refractivity contribution >= 4 is 17.6 Å². The van der Waals surface area contributed by atoms with Crippen LogP contribution in [0.15, 0.2) is 0 Å².